The molecule has 0 aliphatic heterocycles. The highest BCUT2D eigenvalue weighted by Crippen LogP contribution is 2.19. The maximum absolute atomic E-state index is 12.5. The van der Waals surface area contributed by atoms with Crippen molar-refractivity contribution in [3.63, 3.8) is 0 Å². The van der Waals surface area contributed by atoms with Crippen LogP contribution < -0.4 is 15.6 Å². The molecule has 0 atom stereocenters. The molecule has 3 aromatic carbocycles. The highest BCUT2D eigenvalue weighted by atomic mass is 16.6. The lowest BCUT2D eigenvalue weighted by Crippen LogP contribution is -2.40. The van der Waals surface area contributed by atoms with Gasteiger partial charge in [0.25, 0.3) is 17.5 Å². The van der Waals surface area contributed by atoms with Gasteiger partial charge in [-0.1, -0.05) is 54.6 Å². The summed E-state index contributed by atoms with van der Waals surface area (Å²) >= 11 is 0. The zero-order valence-corrected chi connectivity index (χ0v) is 16.4. The zero-order valence-electron chi connectivity index (χ0n) is 16.4. The highest BCUT2D eigenvalue weighted by molar-refractivity contribution is 5.99. The first kappa shape index (κ1) is 21.3. The summed E-state index contributed by atoms with van der Waals surface area (Å²) in [6.07, 6.45) is 2.57. The van der Waals surface area contributed by atoms with Crippen LogP contribution in [-0.4, -0.2) is 16.7 Å². The van der Waals surface area contributed by atoms with E-state index in [9.17, 15) is 19.7 Å². The number of non-ortho nitro benzene ring substituents is 1. The quantitative estimate of drug-likeness (QED) is 0.346. The van der Waals surface area contributed by atoms with Gasteiger partial charge in [0.05, 0.1) is 10.5 Å². The predicted molar refractivity (Wildman–Crippen MR) is 115 cm³/mol. The van der Waals surface area contributed by atoms with Crippen LogP contribution in [0.4, 0.5) is 5.69 Å². The minimum atomic E-state index is -0.595. The van der Waals surface area contributed by atoms with Crippen LogP contribution >= 0.6 is 0 Å². The first-order valence-corrected chi connectivity index (χ1v) is 9.31. The van der Waals surface area contributed by atoms with Crippen LogP contribution in [0.25, 0.3) is 6.08 Å². The number of nitrogens with one attached hydrogen (secondary N) is 2. The molecule has 0 spiro atoms. The Labute approximate surface area is 178 Å². The van der Waals surface area contributed by atoms with Crippen LogP contribution in [-0.2, 0) is 11.4 Å². The van der Waals surface area contributed by atoms with Gasteiger partial charge >= 0.3 is 0 Å². The maximum atomic E-state index is 12.5. The van der Waals surface area contributed by atoms with E-state index in [0.717, 1.165) is 11.6 Å². The Morgan fingerprint density at radius 3 is 2.45 bits per heavy atom. The number of para-hydroxylation sites is 1. The smallest absolute Gasteiger partial charge is 0.273 e. The average molecular weight is 417 g/mol. The van der Waals surface area contributed by atoms with Crippen molar-refractivity contribution in [2.24, 2.45) is 0 Å². The summed E-state index contributed by atoms with van der Waals surface area (Å²) in [5.74, 6) is -0.756. The number of ether oxygens (including phenoxy) is 1. The Kier molecular flexibility index (Phi) is 7.10. The molecule has 8 nitrogen and oxygen atoms in total. The van der Waals surface area contributed by atoms with Gasteiger partial charge in [-0.3, -0.25) is 30.6 Å². The molecule has 3 aromatic rings. The number of hydrogen-bond acceptors (Lipinski definition) is 5. The van der Waals surface area contributed by atoms with Crippen LogP contribution in [0.5, 0.6) is 5.75 Å². The molecule has 0 heterocycles. The first-order chi connectivity index (χ1) is 15.0. The molecule has 2 amide bonds. The molecular formula is C23H19N3O5. The van der Waals surface area contributed by atoms with Crippen LogP contribution in [0.2, 0.25) is 0 Å². The first-order valence-electron chi connectivity index (χ1n) is 9.31. The molecule has 0 saturated heterocycles. The summed E-state index contributed by atoms with van der Waals surface area (Å²) in [5.41, 5.74) is 6.22. The van der Waals surface area contributed by atoms with E-state index in [1.54, 1.807) is 30.3 Å². The fourth-order valence-corrected chi connectivity index (χ4v) is 2.66. The van der Waals surface area contributed by atoms with Gasteiger partial charge in [-0.15, -0.1) is 0 Å². The third kappa shape index (κ3) is 6.26. The molecule has 8 heteroatoms. The van der Waals surface area contributed by atoms with Crippen LogP contribution in [0.3, 0.4) is 0 Å². The molecule has 0 unspecified atom stereocenters. The predicted octanol–water partition coefficient (Wildman–Crippen LogP) is 3.65. The number of nitro benzene ring substituents is 1. The Bertz CT molecular complexity index is 1110. The average Bonchev–Trinajstić information content (AvgIpc) is 2.81. The molecule has 0 saturated carbocycles. The Hall–Kier alpha value is -4.46. The van der Waals surface area contributed by atoms with Gasteiger partial charge in [-0.2, -0.15) is 0 Å². The lowest BCUT2D eigenvalue weighted by molar-refractivity contribution is -0.384. The molecule has 0 bridgehead atoms. The van der Waals surface area contributed by atoms with Gasteiger partial charge in [0.2, 0.25) is 0 Å². The largest absolute Gasteiger partial charge is 0.488 e. The normalized spacial score (nSPS) is 10.5. The molecule has 0 aliphatic carbocycles. The lowest BCUT2D eigenvalue weighted by Gasteiger charge is -2.12. The Morgan fingerprint density at radius 2 is 1.68 bits per heavy atom. The summed E-state index contributed by atoms with van der Waals surface area (Å²) in [5, 5.41) is 10.8. The number of carbonyl (C=O) groups excluding carboxylic acids is 2. The van der Waals surface area contributed by atoms with Crippen LogP contribution in [0, 0.1) is 10.1 Å². The fourth-order valence-electron chi connectivity index (χ4n) is 2.66. The van der Waals surface area contributed by atoms with Crippen molar-refractivity contribution in [2.75, 3.05) is 0 Å². The monoisotopic (exact) mass is 417 g/mol. The fraction of sp³-hybridized carbons (Fsp3) is 0.0435. The third-order valence-corrected chi connectivity index (χ3v) is 4.18. The molecule has 156 valence electrons. The topological polar surface area (TPSA) is 111 Å². The highest BCUT2D eigenvalue weighted by Gasteiger charge is 2.12. The second-order valence-electron chi connectivity index (χ2n) is 6.40. The molecule has 3 rings (SSSR count). The third-order valence-electron chi connectivity index (χ3n) is 4.18. The lowest BCUT2D eigenvalue weighted by atomic mass is 10.2. The van der Waals surface area contributed by atoms with Gasteiger partial charge in [0.1, 0.15) is 12.4 Å². The molecule has 2 N–H and O–H groups in total. The van der Waals surface area contributed by atoms with E-state index in [1.165, 1.54) is 24.3 Å². The Morgan fingerprint density at radius 1 is 0.935 bits per heavy atom. The molecule has 0 aromatic heterocycles. The van der Waals surface area contributed by atoms with Gasteiger partial charge in [0.15, 0.2) is 0 Å². The number of hydrazine groups is 1. The van der Waals surface area contributed by atoms with Gasteiger partial charge in [0, 0.05) is 18.2 Å². The van der Waals surface area contributed by atoms with Crippen molar-refractivity contribution < 1.29 is 19.2 Å². The standard InChI is InChI=1S/C23H19N3O5/c27-22(14-13-17-9-6-10-19(15-17)26(29)30)24-25-23(28)20-11-4-5-12-21(20)31-16-18-7-2-1-3-8-18/h1-15H,16H2,(H,24,27)(H,25,28)/b14-13+. The number of carbonyl (C=O) groups is 2. The van der Waals surface area contributed by atoms with Gasteiger partial charge < -0.3 is 4.74 Å². The Balaban J connectivity index is 1.57. The van der Waals surface area contributed by atoms with Gasteiger partial charge in [-0.05, 0) is 29.3 Å². The van der Waals surface area contributed by atoms with E-state index in [2.05, 4.69) is 10.9 Å². The number of hydrogen-bond donors (Lipinski definition) is 2. The van der Waals surface area contributed by atoms with Gasteiger partial charge in [-0.25, -0.2) is 0 Å². The molecule has 31 heavy (non-hydrogen) atoms. The number of nitrogens with zero attached hydrogens (tertiary/aromatic N) is 1. The summed E-state index contributed by atoms with van der Waals surface area (Å²) in [4.78, 5) is 34.7. The van der Waals surface area contributed by atoms with Crippen molar-refractivity contribution in [2.45, 2.75) is 6.61 Å². The minimum absolute atomic E-state index is 0.0806. The zero-order chi connectivity index (χ0) is 22.1. The SMILES string of the molecule is O=C(/C=C/c1cccc([N+](=O)[O-])c1)NNC(=O)c1ccccc1OCc1ccccc1. The van der Waals surface area contributed by atoms with E-state index >= 15 is 0 Å². The minimum Gasteiger partial charge on any atom is -0.488 e. The van der Waals surface area contributed by atoms with Crippen molar-refractivity contribution in [3.05, 3.63) is 112 Å². The number of rotatable bonds is 7. The van der Waals surface area contributed by atoms with Crippen molar-refractivity contribution in [1.29, 1.82) is 0 Å². The summed E-state index contributed by atoms with van der Waals surface area (Å²) < 4.78 is 5.74. The summed E-state index contributed by atoms with van der Waals surface area (Å²) in [7, 11) is 0. The maximum Gasteiger partial charge on any atom is 0.273 e. The summed E-state index contributed by atoms with van der Waals surface area (Å²) in [6.45, 7) is 0.295. The van der Waals surface area contributed by atoms with Crippen molar-refractivity contribution in [1.82, 2.24) is 10.9 Å². The van der Waals surface area contributed by atoms with Crippen molar-refractivity contribution in [3.8, 4) is 5.75 Å². The second-order valence-corrected chi connectivity index (χ2v) is 6.40. The van der Waals surface area contributed by atoms with Crippen LogP contribution in [0.15, 0.2) is 84.9 Å². The molecule has 0 aliphatic rings. The number of nitro groups is 1. The van der Waals surface area contributed by atoms with E-state index in [4.69, 9.17) is 4.74 Å². The number of amides is 2. The van der Waals surface area contributed by atoms with E-state index < -0.39 is 16.7 Å². The molecule has 0 radical (unpaired) electrons. The number of benzene rings is 3. The summed E-state index contributed by atoms with van der Waals surface area (Å²) in [6, 6.07) is 22.0. The van der Waals surface area contributed by atoms with E-state index in [1.807, 2.05) is 30.3 Å². The molecular weight excluding hydrogens is 398 g/mol. The molecule has 0 fully saturated rings. The van der Waals surface area contributed by atoms with E-state index in [0.29, 0.717) is 17.9 Å². The van der Waals surface area contributed by atoms with Crippen molar-refractivity contribution >= 4 is 23.6 Å². The van der Waals surface area contributed by atoms with E-state index in [-0.39, 0.29) is 11.3 Å². The second kappa shape index (κ2) is 10.4. The van der Waals surface area contributed by atoms with Crippen LogP contribution in [0.1, 0.15) is 21.5 Å².